The Hall–Kier alpha value is -3.81. The van der Waals surface area contributed by atoms with Gasteiger partial charge in [-0.15, -0.1) is 0 Å². The molecule has 1 heterocycles. The van der Waals surface area contributed by atoms with E-state index in [1.165, 1.54) is 13.2 Å². The molecule has 2 aromatic carbocycles. The normalized spacial score (nSPS) is 15.0. The van der Waals surface area contributed by atoms with Crippen LogP contribution in [0, 0.1) is 0 Å². The topological polar surface area (TPSA) is 94.2 Å². The molecule has 1 N–H and O–H groups in total. The molecular formula is C24H26N2O6. The van der Waals surface area contributed by atoms with E-state index < -0.39 is 17.8 Å². The molecule has 1 aliphatic rings. The number of carbonyl (C=O) groups is 3. The third-order valence-electron chi connectivity index (χ3n) is 4.70. The molecule has 0 saturated carbocycles. The molecule has 168 valence electrons. The highest BCUT2D eigenvalue weighted by atomic mass is 16.5. The summed E-state index contributed by atoms with van der Waals surface area (Å²) in [5.74, 6) is 0.290. The van der Waals surface area contributed by atoms with Crippen molar-refractivity contribution in [2.24, 2.45) is 0 Å². The molecular weight excluding hydrogens is 412 g/mol. The minimum atomic E-state index is -0.773. The van der Waals surface area contributed by atoms with E-state index in [0.717, 1.165) is 11.3 Å². The molecule has 1 aliphatic heterocycles. The molecule has 1 saturated heterocycles. The van der Waals surface area contributed by atoms with Crippen LogP contribution >= 0.6 is 0 Å². The van der Waals surface area contributed by atoms with Gasteiger partial charge in [0.1, 0.15) is 11.3 Å². The molecule has 0 atom stereocenters. The summed E-state index contributed by atoms with van der Waals surface area (Å²) in [7, 11) is 1.52. The molecule has 32 heavy (non-hydrogen) atoms. The predicted octanol–water partition coefficient (Wildman–Crippen LogP) is 3.54. The zero-order valence-corrected chi connectivity index (χ0v) is 18.3. The third-order valence-corrected chi connectivity index (χ3v) is 4.70. The van der Waals surface area contributed by atoms with Crippen molar-refractivity contribution in [2.75, 3.05) is 20.3 Å². The number of nitrogens with zero attached hydrogens (tertiary/aromatic N) is 1. The van der Waals surface area contributed by atoms with Crippen molar-refractivity contribution in [1.29, 1.82) is 0 Å². The summed E-state index contributed by atoms with van der Waals surface area (Å²) < 4.78 is 16.5. The number of nitrogens with one attached hydrogen (secondary N) is 1. The van der Waals surface area contributed by atoms with Crippen LogP contribution in [0.4, 0.5) is 4.79 Å². The summed E-state index contributed by atoms with van der Waals surface area (Å²) in [6, 6.07) is 11.4. The van der Waals surface area contributed by atoms with Gasteiger partial charge in [-0.25, -0.2) is 4.79 Å². The number of barbiturate groups is 1. The zero-order valence-electron chi connectivity index (χ0n) is 18.3. The van der Waals surface area contributed by atoms with Crippen LogP contribution in [0.3, 0.4) is 0 Å². The smallest absolute Gasteiger partial charge is 0.331 e. The summed E-state index contributed by atoms with van der Waals surface area (Å²) in [6.07, 6.45) is 2.30. The van der Waals surface area contributed by atoms with Crippen LogP contribution in [0.15, 0.2) is 48.0 Å². The van der Waals surface area contributed by atoms with Gasteiger partial charge in [-0.3, -0.25) is 19.8 Å². The number of carbonyl (C=O) groups excluding carboxylic acids is 3. The minimum absolute atomic E-state index is 0.0291. The molecule has 0 aliphatic carbocycles. The fourth-order valence-electron chi connectivity index (χ4n) is 3.19. The van der Waals surface area contributed by atoms with Crippen molar-refractivity contribution < 1.29 is 28.6 Å². The number of urea groups is 1. The monoisotopic (exact) mass is 438 g/mol. The number of hydrogen-bond acceptors (Lipinski definition) is 6. The first-order valence-corrected chi connectivity index (χ1v) is 10.4. The number of amides is 4. The molecule has 0 radical (unpaired) electrons. The SMILES string of the molecule is CCCOc1ccc(CN2C(=O)NC(=O)/C(=C/c3cccc(OCC)c3)C2=O)cc1OC. The van der Waals surface area contributed by atoms with Gasteiger partial charge < -0.3 is 14.2 Å². The van der Waals surface area contributed by atoms with Crippen LogP contribution in [0.1, 0.15) is 31.4 Å². The first kappa shape index (κ1) is 22.9. The predicted molar refractivity (Wildman–Crippen MR) is 118 cm³/mol. The summed E-state index contributed by atoms with van der Waals surface area (Å²) in [6.45, 7) is 4.88. The number of benzene rings is 2. The van der Waals surface area contributed by atoms with Gasteiger partial charge in [-0.2, -0.15) is 0 Å². The highest BCUT2D eigenvalue weighted by Crippen LogP contribution is 2.29. The van der Waals surface area contributed by atoms with E-state index in [2.05, 4.69) is 5.32 Å². The standard InChI is InChI=1S/C24H26N2O6/c1-4-11-32-20-10-9-17(14-21(20)30-3)15-26-23(28)19(22(27)25-24(26)29)13-16-7-6-8-18(12-16)31-5-2/h6-10,12-14H,4-5,11,15H2,1-3H3,(H,25,27,29)/b19-13-. The summed E-state index contributed by atoms with van der Waals surface area (Å²) in [4.78, 5) is 38.8. The Morgan fingerprint density at radius 3 is 2.53 bits per heavy atom. The molecule has 2 aromatic rings. The second-order valence-electron chi connectivity index (χ2n) is 7.05. The van der Waals surface area contributed by atoms with Gasteiger partial charge in [0.15, 0.2) is 11.5 Å². The maximum absolute atomic E-state index is 13.0. The average molecular weight is 438 g/mol. The first-order chi connectivity index (χ1) is 15.5. The van der Waals surface area contributed by atoms with Crippen molar-refractivity contribution in [3.8, 4) is 17.2 Å². The largest absolute Gasteiger partial charge is 0.494 e. The molecule has 0 aromatic heterocycles. The van der Waals surface area contributed by atoms with Crippen molar-refractivity contribution in [1.82, 2.24) is 10.2 Å². The van der Waals surface area contributed by atoms with E-state index in [0.29, 0.717) is 41.6 Å². The Labute approximate surface area is 186 Å². The third kappa shape index (κ3) is 5.26. The Balaban J connectivity index is 1.84. The highest BCUT2D eigenvalue weighted by molar-refractivity contribution is 6.30. The second-order valence-corrected chi connectivity index (χ2v) is 7.05. The Kier molecular flexibility index (Phi) is 7.49. The van der Waals surface area contributed by atoms with Gasteiger partial charge in [0, 0.05) is 0 Å². The number of methoxy groups -OCH3 is 1. The van der Waals surface area contributed by atoms with Crippen LogP contribution in [0.5, 0.6) is 17.2 Å². The maximum atomic E-state index is 13.0. The van der Waals surface area contributed by atoms with Crippen LogP contribution < -0.4 is 19.5 Å². The summed E-state index contributed by atoms with van der Waals surface area (Å²) in [5.41, 5.74) is 1.14. The maximum Gasteiger partial charge on any atom is 0.331 e. The Morgan fingerprint density at radius 1 is 1.00 bits per heavy atom. The van der Waals surface area contributed by atoms with Crippen LogP contribution in [0.25, 0.3) is 6.08 Å². The quantitative estimate of drug-likeness (QED) is 0.475. The van der Waals surface area contributed by atoms with Crippen LogP contribution in [-0.2, 0) is 16.1 Å². The van der Waals surface area contributed by atoms with Gasteiger partial charge in [0.05, 0.1) is 26.9 Å². The number of rotatable bonds is 9. The van der Waals surface area contributed by atoms with E-state index in [9.17, 15) is 14.4 Å². The van der Waals surface area contributed by atoms with E-state index >= 15 is 0 Å². The number of hydrogen-bond donors (Lipinski definition) is 1. The lowest BCUT2D eigenvalue weighted by Crippen LogP contribution is -2.53. The Bertz CT molecular complexity index is 1050. The minimum Gasteiger partial charge on any atom is -0.494 e. The molecule has 4 amide bonds. The van der Waals surface area contributed by atoms with Crippen LogP contribution in [0.2, 0.25) is 0 Å². The molecule has 0 unspecified atom stereocenters. The summed E-state index contributed by atoms with van der Waals surface area (Å²) >= 11 is 0. The molecule has 8 heteroatoms. The van der Waals surface area contributed by atoms with Crippen molar-refractivity contribution >= 4 is 23.9 Å². The number of imide groups is 2. The average Bonchev–Trinajstić information content (AvgIpc) is 2.79. The first-order valence-electron chi connectivity index (χ1n) is 10.4. The van der Waals surface area contributed by atoms with Gasteiger partial charge in [0.25, 0.3) is 11.8 Å². The van der Waals surface area contributed by atoms with Crippen molar-refractivity contribution in [2.45, 2.75) is 26.8 Å². The fraction of sp³-hybridized carbons (Fsp3) is 0.292. The Morgan fingerprint density at radius 2 is 1.81 bits per heavy atom. The van der Waals surface area contributed by atoms with Gasteiger partial charge in [-0.05, 0) is 54.8 Å². The molecule has 8 nitrogen and oxygen atoms in total. The van der Waals surface area contributed by atoms with Crippen molar-refractivity contribution in [3.63, 3.8) is 0 Å². The molecule has 1 fully saturated rings. The van der Waals surface area contributed by atoms with E-state index in [4.69, 9.17) is 14.2 Å². The van der Waals surface area contributed by atoms with Crippen LogP contribution in [-0.4, -0.2) is 43.1 Å². The second kappa shape index (κ2) is 10.5. The molecule has 3 rings (SSSR count). The molecule has 0 spiro atoms. The lowest BCUT2D eigenvalue weighted by molar-refractivity contribution is -0.130. The van der Waals surface area contributed by atoms with Crippen molar-refractivity contribution in [3.05, 3.63) is 59.2 Å². The zero-order chi connectivity index (χ0) is 23.1. The fourth-order valence-corrected chi connectivity index (χ4v) is 3.19. The lowest BCUT2D eigenvalue weighted by Gasteiger charge is -2.26. The lowest BCUT2D eigenvalue weighted by atomic mass is 10.1. The van der Waals surface area contributed by atoms with Gasteiger partial charge in [0.2, 0.25) is 0 Å². The van der Waals surface area contributed by atoms with Gasteiger partial charge in [-0.1, -0.05) is 25.1 Å². The van der Waals surface area contributed by atoms with E-state index in [1.807, 2.05) is 13.8 Å². The van der Waals surface area contributed by atoms with Gasteiger partial charge >= 0.3 is 6.03 Å². The number of ether oxygens (including phenoxy) is 3. The highest BCUT2D eigenvalue weighted by Gasteiger charge is 2.35. The molecule has 0 bridgehead atoms. The summed E-state index contributed by atoms with van der Waals surface area (Å²) in [5, 5.41) is 2.23. The van der Waals surface area contributed by atoms with E-state index in [-0.39, 0.29) is 12.1 Å². The van der Waals surface area contributed by atoms with E-state index in [1.54, 1.807) is 42.5 Å².